The van der Waals surface area contributed by atoms with Crippen molar-refractivity contribution in [1.82, 2.24) is 10.2 Å². The van der Waals surface area contributed by atoms with Gasteiger partial charge in [-0.3, -0.25) is 9.69 Å². The maximum Gasteiger partial charge on any atom is 0.237 e. The molecule has 1 aliphatic rings. The van der Waals surface area contributed by atoms with E-state index in [1.807, 2.05) is 19.1 Å². The molecule has 1 aliphatic heterocycles. The minimum atomic E-state index is -0.270. The third-order valence-corrected chi connectivity index (χ3v) is 5.06. The number of carbonyl (C=O) groups is 1. The maximum atomic E-state index is 12.9. The summed E-state index contributed by atoms with van der Waals surface area (Å²) in [5.41, 5.74) is 2.06. The lowest BCUT2D eigenvalue weighted by molar-refractivity contribution is -0.126. The van der Waals surface area contributed by atoms with Gasteiger partial charge in [-0.15, -0.1) is 0 Å². The van der Waals surface area contributed by atoms with Crippen molar-refractivity contribution >= 4 is 11.6 Å². The summed E-state index contributed by atoms with van der Waals surface area (Å²) >= 11 is 0. The van der Waals surface area contributed by atoms with Crippen molar-refractivity contribution in [3.63, 3.8) is 0 Å². The number of halogens is 1. The predicted octanol–water partition coefficient (Wildman–Crippen LogP) is 2.66. The molecule has 0 radical (unpaired) electrons. The van der Waals surface area contributed by atoms with Crippen molar-refractivity contribution in [1.29, 1.82) is 0 Å². The number of nitrogens with one attached hydrogen (secondary N) is 1. The summed E-state index contributed by atoms with van der Waals surface area (Å²) in [5.74, 6) is 0.578. The van der Waals surface area contributed by atoms with Crippen LogP contribution in [0, 0.1) is 5.82 Å². The van der Waals surface area contributed by atoms with Crippen molar-refractivity contribution in [3.8, 4) is 5.75 Å². The van der Waals surface area contributed by atoms with E-state index in [1.165, 1.54) is 17.8 Å². The van der Waals surface area contributed by atoms with E-state index in [9.17, 15) is 9.18 Å². The van der Waals surface area contributed by atoms with Gasteiger partial charge < -0.3 is 15.0 Å². The number of piperazine rings is 1. The minimum absolute atomic E-state index is 0.00257. The van der Waals surface area contributed by atoms with Crippen LogP contribution in [0.3, 0.4) is 0 Å². The SMILES string of the molecule is COc1ccc(N2CCN(C(C)C(=O)NCc3ccc(F)cc3)CC2)cc1. The van der Waals surface area contributed by atoms with Crippen LogP contribution in [0.25, 0.3) is 0 Å². The van der Waals surface area contributed by atoms with Crippen LogP contribution in [0.4, 0.5) is 10.1 Å². The summed E-state index contributed by atoms with van der Waals surface area (Å²) in [5, 5.41) is 2.94. The quantitative estimate of drug-likeness (QED) is 0.848. The van der Waals surface area contributed by atoms with E-state index in [0.29, 0.717) is 6.54 Å². The van der Waals surface area contributed by atoms with Gasteiger partial charge in [0.2, 0.25) is 5.91 Å². The summed E-state index contributed by atoms with van der Waals surface area (Å²) in [6.07, 6.45) is 0. The lowest BCUT2D eigenvalue weighted by Gasteiger charge is -2.38. The Morgan fingerprint density at radius 1 is 1.07 bits per heavy atom. The zero-order chi connectivity index (χ0) is 19.2. The third-order valence-electron chi connectivity index (χ3n) is 5.06. The number of methoxy groups -OCH3 is 1. The molecule has 0 aliphatic carbocycles. The smallest absolute Gasteiger partial charge is 0.237 e. The largest absolute Gasteiger partial charge is 0.497 e. The number of amides is 1. The summed E-state index contributed by atoms with van der Waals surface area (Å²) in [6.45, 7) is 5.76. The van der Waals surface area contributed by atoms with Gasteiger partial charge in [0.15, 0.2) is 0 Å². The van der Waals surface area contributed by atoms with E-state index in [1.54, 1.807) is 19.2 Å². The number of anilines is 1. The molecule has 2 aromatic carbocycles. The van der Waals surface area contributed by atoms with Gasteiger partial charge in [-0.1, -0.05) is 12.1 Å². The Hall–Kier alpha value is -2.60. The minimum Gasteiger partial charge on any atom is -0.497 e. The summed E-state index contributed by atoms with van der Waals surface area (Å²) in [6, 6.07) is 14.1. The Kier molecular flexibility index (Phi) is 6.29. The second kappa shape index (κ2) is 8.86. The second-order valence-corrected chi connectivity index (χ2v) is 6.74. The van der Waals surface area contributed by atoms with Gasteiger partial charge in [-0.2, -0.15) is 0 Å². The Balaban J connectivity index is 1.47. The molecule has 27 heavy (non-hydrogen) atoms. The average Bonchev–Trinajstić information content (AvgIpc) is 2.73. The van der Waals surface area contributed by atoms with E-state index in [-0.39, 0.29) is 17.8 Å². The predicted molar refractivity (Wildman–Crippen MR) is 104 cm³/mol. The molecule has 1 atom stereocenters. The Labute approximate surface area is 159 Å². The van der Waals surface area contributed by atoms with Crippen LogP contribution in [-0.4, -0.2) is 50.1 Å². The van der Waals surface area contributed by atoms with E-state index in [0.717, 1.165) is 37.5 Å². The fourth-order valence-electron chi connectivity index (χ4n) is 3.27. The van der Waals surface area contributed by atoms with Crippen LogP contribution >= 0.6 is 0 Å². The number of hydrogen-bond acceptors (Lipinski definition) is 4. The molecule has 1 N–H and O–H groups in total. The van der Waals surface area contributed by atoms with Gasteiger partial charge in [-0.05, 0) is 48.9 Å². The molecule has 1 saturated heterocycles. The lowest BCUT2D eigenvalue weighted by atomic mass is 10.1. The number of benzene rings is 2. The van der Waals surface area contributed by atoms with Gasteiger partial charge in [0.25, 0.3) is 0 Å². The molecule has 2 aromatic rings. The lowest BCUT2D eigenvalue weighted by Crippen LogP contribution is -2.53. The van der Waals surface area contributed by atoms with Gasteiger partial charge in [0.1, 0.15) is 11.6 Å². The van der Waals surface area contributed by atoms with Crippen molar-refractivity contribution < 1.29 is 13.9 Å². The molecule has 0 aromatic heterocycles. The second-order valence-electron chi connectivity index (χ2n) is 6.74. The Morgan fingerprint density at radius 2 is 1.70 bits per heavy atom. The molecule has 0 spiro atoms. The van der Waals surface area contributed by atoms with Crippen LogP contribution in [0.5, 0.6) is 5.75 Å². The first-order chi connectivity index (χ1) is 13.1. The van der Waals surface area contributed by atoms with Crippen LogP contribution in [0.1, 0.15) is 12.5 Å². The van der Waals surface area contributed by atoms with Crippen molar-refractivity contribution in [2.45, 2.75) is 19.5 Å². The molecule has 1 fully saturated rings. The number of hydrogen-bond donors (Lipinski definition) is 1. The standard InChI is InChI=1S/C21H26FN3O2/c1-16(21(26)23-15-17-3-5-18(22)6-4-17)24-11-13-25(14-12-24)19-7-9-20(27-2)10-8-19/h3-10,16H,11-15H2,1-2H3,(H,23,26). The van der Waals surface area contributed by atoms with Crippen LogP contribution in [-0.2, 0) is 11.3 Å². The Bertz CT molecular complexity index is 741. The monoisotopic (exact) mass is 371 g/mol. The molecular weight excluding hydrogens is 345 g/mol. The summed E-state index contributed by atoms with van der Waals surface area (Å²) < 4.78 is 18.1. The molecule has 0 bridgehead atoms. The molecule has 1 heterocycles. The third kappa shape index (κ3) is 4.98. The highest BCUT2D eigenvalue weighted by Crippen LogP contribution is 2.21. The molecule has 1 unspecified atom stereocenters. The summed E-state index contributed by atoms with van der Waals surface area (Å²) in [7, 11) is 1.66. The molecular formula is C21H26FN3O2. The first-order valence-electron chi connectivity index (χ1n) is 9.22. The van der Waals surface area contributed by atoms with Crippen molar-refractivity contribution in [3.05, 3.63) is 59.9 Å². The number of nitrogens with zero attached hydrogens (tertiary/aromatic N) is 2. The number of ether oxygens (including phenoxy) is 1. The highest BCUT2D eigenvalue weighted by molar-refractivity contribution is 5.81. The van der Waals surface area contributed by atoms with Gasteiger partial charge in [0.05, 0.1) is 13.2 Å². The van der Waals surface area contributed by atoms with Crippen LogP contribution in [0.2, 0.25) is 0 Å². The van der Waals surface area contributed by atoms with Crippen molar-refractivity contribution in [2.24, 2.45) is 0 Å². The van der Waals surface area contributed by atoms with Crippen LogP contribution in [0.15, 0.2) is 48.5 Å². The molecule has 1 amide bonds. The van der Waals surface area contributed by atoms with E-state index < -0.39 is 0 Å². The first-order valence-corrected chi connectivity index (χ1v) is 9.22. The highest BCUT2D eigenvalue weighted by atomic mass is 19.1. The van der Waals surface area contributed by atoms with Crippen molar-refractivity contribution in [2.75, 3.05) is 38.2 Å². The zero-order valence-electron chi connectivity index (χ0n) is 15.8. The van der Waals surface area contributed by atoms with Gasteiger partial charge >= 0.3 is 0 Å². The number of carbonyl (C=O) groups excluding carboxylic acids is 1. The first kappa shape index (κ1) is 19.2. The summed E-state index contributed by atoms with van der Waals surface area (Å²) in [4.78, 5) is 17.0. The normalized spacial score (nSPS) is 16.0. The van der Waals surface area contributed by atoms with Gasteiger partial charge in [0, 0.05) is 38.4 Å². The van der Waals surface area contributed by atoms with E-state index >= 15 is 0 Å². The molecule has 5 nitrogen and oxygen atoms in total. The Morgan fingerprint density at radius 3 is 2.30 bits per heavy atom. The van der Waals surface area contributed by atoms with E-state index in [2.05, 4.69) is 27.2 Å². The maximum absolute atomic E-state index is 12.9. The average molecular weight is 371 g/mol. The highest BCUT2D eigenvalue weighted by Gasteiger charge is 2.25. The van der Waals surface area contributed by atoms with Crippen LogP contribution < -0.4 is 15.0 Å². The molecule has 0 saturated carbocycles. The molecule has 144 valence electrons. The molecule has 3 rings (SSSR count). The van der Waals surface area contributed by atoms with Gasteiger partial charge in [-0.25, -0.2) is 4.39 Å². The fraction of sp³-hybridized carbons (Fsp3) is 0.381. The zero-order valence-corrected chi connectivity index (χ0v) is 15.8. The molecule has 6 heteroatoms. The fourth-order valence-corrected chi connectivity index (χ4v) is 3.27. The topological polar surface area (TPSA) is 44.8 Å². The van der Waals surface area contributed by atoms with E-state index in [4.69, 9.17) is 4.74 Å². The number of rotatable bonds is 6.